The zero-order valence-corrected chi connectivity index (χ0v) is 13.3. The van der Waals surface area contributed by atoms with E-state index < -0.39 is 10.0 Å². The second kappa shape index (κ2) is 5.46. The number of hydrogen-bond donors (Lipinski definition) is 1. The summed E-state index contributed by atoms with van der Waals surface area (Å²) in [4.78, 5) is 3.81. The molecule has 2 rings (SSSR count). The Hall–Kier alpha value is -0.530. The highest BCUT2D eigenvalue weighted by Crippen LogP contribution is 2.35. The van der Waals surface area contributed by atoms with Crippen LogP contribution in [0.3, 0.4) is 0 Å². The molecule has 2 aromatic heterocycles. The molecule has 9 heteroatoms. The van der Waals surface area contributed by atoms with Crippen LogP contribution < -0.4 is 4.72 Å². The minimum absolute atomic E-state index is 0.0585. The van der Waals surface area contributed by atoms with E-state index in [1.165, 1.54) is 12.3 Å². The van der Waals surface area contributed by atoms with Crippen LogP contribution in [0.4, 0.5) is 5.69 Å². The molecule has 4 nitrogen and oxygen atoms in total. The Labute approximate surface area is 129 Å². The summed E-state index contributed by atoms with van der Waals surface area (Å²) >= 11 is 18.3. The number of thiophene rings is 1. The number of aryl methyl sites for hydroxylation is 1. The fourth-order valence-corrected chi connectivity index (χ4v) is 4.62. The first-order chi connectivity index (χ1) is 8.79. The average molecular weight is 358 g/mol. The minimum Gasteiger partial charge on any atom is -0.278 e. The highest BCUT2D eigenvalue weighted by atomic mass is 35.5. The van der Waals surface area contributed by atoms with E-state index in [0.29, 0.717) is 20.7 Å². The van der Waals surface area contributed by atoms with E-state index in [9.17, 15) is 8.42 Å². The predicted octanol–water partition coefficient (Wildman–Crippen LogP) is 4.21. The van der Waals surface area contributed by atoms with Crippen molar-refractivity contribution in [2.75, 3.05) is 4.72 Å². The number of hydrogen-bond acceptors (Lipinski definition) is 4. The molecule has 0 aliphatic heterocycles. The second-order valence-corrected chi connectivity index (χ2v) is 7.92. The Morgan fingerprint density at radius 2 is 1.95 bits per heavy atom. The van der Waals surface area contributed by atoms with Gasteiger partial charge in [-0.25, -0.2) is 13.4 Å². The van der Waals surface area contributed by atoms with Crippen LogP contribution in [0.15, 0.2) is 23.2 Å². The minimum atomic E-state index is -3.79. The number of halogens is 3. The zero-order valence-electron chi connectivity index (χ0n) is 9.45. The molecule has 2 heterocycles. The second-order valence-electron chi connectivity index (χ2n) is 3.63. The Morgan fingerprint density at radius 1 is 1.26 bits per heavy atom. The molecule has 2 aromatic rings. The summed E-state index contributed by atoms with van der Waals surface area (Å²) in [6, 6.07) is 2.88. The standard InChI is InChI=1S/C10H7Cl3N2O2S2/c1-5-2-6(4-14-9(5)12)15-19(16,17)7-3-8(11)18-10(7)13/h2-4,15H,1H3. The summed E-state index contributed by atoms with van der Waals surface area (Å²) in [5.41, 5.74) is 0.969. The Kier molecular flexibility index (Phi) is 4.27. The molecule has 0 atom stereocenters. The van der Waals surface area contributed by atoms with Gasteiger partial charge >= 0.3 is 0 Å². The normalized spacial score (nSPS) is 11.6. The number of aromatic nitrogens is 1. The summed E-state index contributed by atoms with van der Waals surface area (Å²) in [5.74, 6) is 0. The molecule has 0 aliphatic carbocycles. The first kappa shape index (κ1) is 14.9. The third kappa shape index (κ3) is 3.32. The molecule has 1 N–H and O–H groups in total. The summed E-state index contributed by atoms with van der Waals surface area (Å²) < 4.78 is 27.0. The lowest BCUT2D eigenvalue weighted by Crippen LogP contribution is -2.12. The zero-order chi connectivity index (χ0) is 14.2. The van der Waals surface area contributed by atoms with Crippen molar-refractivity contribution >= 4 is 61.9 Å². The van der Waals surface area contributed by atoms with Gasteiger partial charge in [0.15, 0.2) is 0 Å². The van der Waals surface area contributed by atoms with Crippen LogP contribution in [0.2, 0.25) is 13.8 Å². The van der Waals surface area contributed by atoms with Crippen LogP contribution in [0, 0.1) is 6.92 Å². The highest BCUT2D eigenvalue weighted by molar-refractivity contribution is 7.93. The highest BCUT2D eigenvalue weighted by Gasteiger charge is 2.21. The van der Waals surface area contributed by atoms with E-state index in [1.807, 2.05) is 0 Å². The maximum absolute atomic E-state index is 12.1. The maximum Gasteiger partial charge on any atom is 0.264 e. The van der Waals surface area contributed by atoms with Gasteiger partial charge in [-0.15, -0.1) is 11.3 Å². The van der Waals surface area contributed by atoms with Crippen LogP contribution in [-0.2, 0) is 10.0 Å². The molecule has 0 saturated carbocycles. The first-order valence-electron chi connectivity index (χ1n) is 4.89. The van der Waals surface area contributed by atoms with Crippen molar-refractivity contribution in [3.8, 4) is 0 Å². The number of nitrogens with zero attached hydrogens (tertiary/aromatic N) is 1. The van der Waals surface area contributed by atoms with Gasteiger partial charge < -0.3 is 0 Å². The van der Waals surface area contributed by atoms with E-state index in [2.05, 4.69) is 9.71 Å². The molecule has 0 saturated heterocycles. The number of anilines is 1. The van der Waals surface area contributed by atoms with Gasteiger partial charge in [-0.05, 0) is 24.6 Å². The van der Waals surface area contributed by atoms with E-state index in [1.54, 1.807) is 13.0 Å². The van der Waals surface area contributed by atoms with Gasteiger partial charge in [0.25, 0.3) is 10.0 Å². The van der Waals surface area contributed by atoms with Crippen LogP contribution >= 0.6 is 46.1 Å². The molecule has 0 fully saturated rings. The lowest BCUT2D eigenvalue weighted by molar-refractivity contribution is 0.601. The van der Waals surface area contributed by atoms with Crippen molar-refractivity contribution in [3.63, 3.8) is 0 Å². The predicted molar refractivity (Wildman–Crippen MR) is 79.1 cm³/mol. The average Bonchev–Trinajstić information content (AvgIpc) is 2.63. The number of rotatable bonds is 3. The van der Waals surface area contributed by atoms with Gasteiger partial charge in [0.1, 0.15) is 14.4 Å². The fourth-order valence-electron chi connectivity index (χ4n) is 1.33. The van der Waals surface area contributed by atoms with E-state index >= 15 is 0 Å². The van der Waals surface area contributed by atoms with Crippen molar-refractivity contribution in [1.82, 2.24) is 4.98 Å². The van der Waals surface area contributed by atoms with Crippen LogP contribution in [0.1, 0.15) is 5.56 Å². The van der Waals surface area contributed by atoms with E-state index in [4.69, 9.17) is 34.8 Å². The SMILES string of the molecule is Cc1cc(NS(=O)(=O)c2cc(Cl)sc2Cl)cnc1Cl. The van der Waals surface area contributed by atoms with Crippen molar-refractivity contribution in [3.05, 3.63) is 37.7 Å². The Balaban J connectivity index is 2.36. The van der Waals surface area contributed by atoms with Crippen molar-refractivity contribution in [1.29, 1.82) is 0 Å². The van der Waals surface area contributed by atoms with Gasteiger partial charge in [0.2, 0.25) is 0 Å². The number of sulfonamides is 1. The Bertz CT molecular complexity index is 728. The summed E-state index contributed by atoms with van der Waals surface area (Å²) in [6.07, 6.45) is 1.33. The van der Waals surface area contributed by atoms with E-state index in [0.717, 1.165) is 11.3 Å². The molecule has 0 spiro atoms. The largest absolute Gasteiger partial charge is 0.278 e. The fraction of sp³-hybridized carbons (Fsp3) is 0.100. The van der Waals surface area contributed by atoms with Gasteiger partial charge in [-0.2, -0.15) is 0 Å². The third-order valence-electron chi connectivity index (χ3n) is 2.18. The van der Waals surface area contributed by atoms with Gasteiger partial charge in [0, 0.05) is 0 Å². The van der Waals surface area contributed by atoms with Gasteiger partial charge in [-0.1, -0.05) is 34.8 Å². The summed E-state index contributed by atoms with van der Waals surface area (Å²) in [7, 11) is -3.79. The molecule has 0 aliphatic rings. The van der Waals surface area contributed by atoms with Crippen LogP contribution in [0.5, 0.6) is 0 Å². The molecular formula is C10H7Cl3N2O2S2. The smallest absolute Gasteiger partial charge is 0.264 e. The molecule has 0 bridgehead atoms. The Morgan fingerprint density at radius 3 is 2.47 bits per heavy atom. The molecule has 0 amide bonds. The molecule has 0 aromatic carbocycles. The number of pyridine rings is 1. The summed E-state index contributed by atoms with van der Waals surface area (Å²) in [6.45, 7) is 1.72. The number of nitrogens with one attached hydrogen (secondary N) is 1. The van der Waals surface area contributed by atoms with Crippen LogP contribution in [-0.4, -0.2) is 13.4 Å². The third-order valence-corrected chi connectivity index (χ3v) is 5.71. The van der Waals surface area contributed by atoms with E-state index in [-0.39, 0.29) is 9.23 Å². The maximum atomic E-state index is 12.1. The molecule has 0 radical (unpaired) electrons. The topological polar surface area (TPSA) is 59.1 Å². The van der Waals surface area contributed by atoms with Gasteiger partial charge in [0.05, 0.1) is 16.2 Å². The molecular weight excluding hydrogens is 351 g/mol. The monoisotopic (exact) mass is 356 g/mol. The van der Waals surface area contributed by atoms with Gasteiger partial charge in [-0.3, -0.25) is 4.72 Å². The van der Waals surface area contributed by atoms with Crippen LogP contribution in [0.25, 0.3) is 0 Å². The molecule has 19 heavy (non-hydrogen) atoms. The lowest BCUT2D eigenvalue weighted by atomic mass is 10.3. The van der Waals surface area contributed by atoms with Crippen molar-refractivity contribution < 1.29 is 8.42 Å². The molecule has 102 valence electrons. The first-order valence-corrected chi connectivity index (χ1v) is 8.33. The quantitative estimate of drug-likeness (QED) is 0.837. The molecule has 0 unspecified atom stereocenters. The van der Waals surface area contributed by atoms with Crippen molar-refractivity contribution in [2.45, 2.75) is 11.8 Å². The summed E-state index contributed by atoms with van der Waals surface area (Å²) in [5, 5.41) is 0.319. The van der Waals surface area contributed by atoms with Crippen molar-refractivity contribution in [2.24, 2.45) is 0 Å². The lowest BCUT2D eigenvalue weighted by Gasteiger charge is -2.07.